The first-order valence-corrected chi connectivity index (χ1v) is 6.95. The summed E-state index contributed by atoms with van der Waals surface area (Å²) in [5, 5.41) is 2.57. The smallest absolute Gasteiger partial charge is 0.320 e. The fraction of sp³-hybridized carbons (Fsp3) is 0.143. The average Bonchev–Trinajstić information content (AvgIpc) is 2.46. The minimum Gasteiger partial charge on any atom is -0.320 e. The molecule has 0 aliphatic heterocycles. The number of halogens is 3. The normalized spacial score (nSPS) is 11.2. The minimum atomic E-state index is -4.26. The highest BCUT2D eigenvalue weighted by molar-refractivity contribution is 7.99. The van der Waals surface area contributed by atoms with Gasteiger partial charge in [-0.3, -0.25) is 9.78 Å². The van der Waals surface area contributed by atoms with Crippen molar-refractivity contribution in [2.75, 3.05) is 11.1 Å². The number of nitrogens with zero attached hydrogens (tertiary/aromatic N) is 1. The fourth-order valence-electron chi connectivity index (χ4n) is 1.54. The second kappa shape index (κ2) is 6.62. The van der Waals surface area contributed by atoms with Gasteiger partial charge in [-0.1, -0.05) is 18.2 Å². The van der Waals surface area contributed by atoms with Crippen LogP contribution in [0.5, 0.6) is 0 Å². The zero-order chi connectivity index (χ0) is 15.3. The highest BCUT2D eigenvalue weighted by Gasteiger charge is 2.27. The topological polar surface area (TPSA) is 42.0 Å². The number of nitrogens with one attached hydrogen (secondary N) is 1. The summed E-state index contributed by atoms with van der Waals surface area (Å²) in [4.78, 5) is 16.2. The van der Waals surface area contributed by atoms with Crippen LogP contribution in [0.25, 0.3) is 0 Å². The molecule has 0 unspecified atom stereocenters. The van der Waals surface area contributed by atoms with E-state index in [9.17, 15) is 18.0 Å². The van der Waals surface area contributed by atoms with Gasteiger partial charge in [0.25, 0.3) is 5.91 Å². The third-order valence-electron chi connectivity index (χ3n) is 2.42. The summed E-state index contributed by atoms with van der Waals surface area (Å²) < 4.78 is 36.8. The highest BCUT2D eigenvalue weighted by Crippen LogP contribution is 2.32. The number of pyridine rings is 1. The average molecular weight is 312 g/mol. The van der Waals surface area contributed by atoms with Crippen molar-refractivity contribution in [1.29, 1.82) is 0 Å². The van der Waals surface area contributed by atoms with Crippen LogP contribution in [-0.2, 0) is 0 Å². The molecule has 2 rings (SSSR count). The maximum absolute atomic E-state index is 12.3. The molecule has 0 saturated heterocycles. The number of aromatic nitrogens is 1. The molecule has 1 aromatic heterocycles. The quantitative estimate of drug-likeness (QED) is 0.868. The van der Waals surface area contributed by atoms with E-state index in [0.717, 1.165) is 0 Å². The van der Waals surface area contributed by atoms with Gasteiger partial charge < -0.3 is 5.32 Å². The third-order valence-corrected chi connectivity index (χ3v) is 3.56. The molecule has 0 spiro atoms. The number of alkyl halides is 3. The van der Waals surface area contributed by atoms with Crippen molar-refractivity contribution in [3.63, 3.8) is 0 Å². The van der Waals surface area contributed by atoms with Crippen LogP contribution < -0.4 is 5.32 Å². The predicted octanol–water partition coefficient (Wildman–Crippen LogP) is 3.99. The van der Waals surface area contributed by atoms with Gasteiger partial charge in [0.15, 0.2) is 0 Å². The van der Waals surface area contributed by atoms with E-state index in [4.69, 9.17) is 0 Å². The maximum Gasteiger partial charge on any atom is 0.398 e. The molecule has 1 aromatic carbocycles. The van der Waals surface area contributed by atoms with E-state index in [1.807, 2.05) is 0 Å². The van der Waals surface area contributed by atoms with E-state index in [2.05, 4.69) is 10.3 Å². The zero-order valence-electron chi connectivity index (χ0n) is 10.7. The number of para-hydroxylation sites is 1. The molecular formula is C14H11F3N2OS. The van der Waals surface area contributed by atoms with Gasteiger partial charge in [0.2, 0.25) is 0 Å². The number of anilines is 1. The van der Waals surface area contributed by atoms with Gasteiger partial charge in [0, 0.05) is 11.1 Å². The van der Waals surface area contributed by atoms with Crippen LogP contribution in [0, 0.1) is 0 Å². The van der Waals surface area contributed by atoms with Gasteiger partial charge in [0.05, 0.1) is 11.4 Å². The van der Waals surface area contributed by atoms with Gasteiger partial charge in [-0.25, -0.2) is 0 Å². The van der Waals surface area contributed by atoms with Gasteiger partial charge in [0.1, 0.15) is 5.69 Å². The lowest BCUT2D eigenvalue weighted by molar-refractivity contribution is -0.105. The van der Waals surface area contributed by atoms with Crippen molar-refractivity contribution in [1.82, 2.24) is 4.98 Å². The lowest BCUT2D eigenvalue weighted by atomic mass is 10.3. The number of thioether (sulfide) groups is 1. The Bertz CT molecular complexity index is 617. The lowest BCUT2D eigenvalue weighted by Gasteiger charge is -2.11. The number of rotatable bonds is 4. The zero-order valence-corrected chi connectivity index (χ0v) is 11.5. The van der Waals surface area contributed by atoms with Crippen molar-refractivity contribution in [2.24, 2.45) is 0 Å². The second-order valence-corrected chi connectivity index (χ2v) is 5.09. The molecule has 0 saturated carbocycles. The number of amides is 1. The second-order valence-electron chi connectivity index (χ2n) is 4.07. The first-order valence-electron chi connectivity index (χ1n) is 5.97. The van der Waals surface area contributed by atoms with Crippen LogP contribution in [0.3, 0.4) is 0 Å². The molecule has 1 heterocycles. The summed E-state index contributed by atoms with van der Waals surface area (Å²) in [5.74, 6) is -1.47. The molecule has 0 radical (unpaired) electrons. The molecule has 0 bridgehead atoms. The molecule has 1 amide bonds. The Balaban J connectivity index is 2.11. The number of benzene rings is 1. The van der Waals surface area contributed by atoms with E-state index >= 15 is 0 Å². The van der Waals surface area contributed by atoms with Crippen molar-refractivity contribution >= 4 is 23.4 Å². The Labute approximate surface area is 123 Å². The van der Waals surface area contributed by atoms with Crippen LogP contribution in [-0.4, -0.2) is 22.8 Å². The lowest BCUT2D eigenvalue weighted by Crippen LogP contribution is -2.15. The van der Waals surface area contributed by atoms with Crippen LogP contribution in [0.2, 0.25) is 0 Å². The van der Waals surface area contributed by atoms with Crippen molar-refractivity contribution in [3.05, 3.63) is 54.4 Å². The SMILES string of the molecule is O=C(Nc1ccccc1SCC(F)(F)F)c1ccccn1. The monoisotopic (exact) mass is 312 g/mol. The van der Waals surface area contributed by atoms with Crippen LogP contribution in [0.15, 0.2) is 53.6 Å². The number of carbonyl (C=O) groups is 1. The summed E-state index contributed by atoms with van der Waals surface area (Å²) in [6.07, 6.45) is -2.79. The van der Waals surface area contributed by atoms with Crippen LogP contribution in [0.1, 0.15) is 10.5 Å². The molecular weight excluding hydrogens is 301 g/mol. The summed E-state index contributed by atoms with van der Waals surface area (Å²) >= 11 is 0.631. The first-order chi connectivity index (χ1) is 9.96. The highest BCUT2D eigenvalue weighted by atomic mass is 32.2. The Morgan fingerprint density at radius 1 is 1.14 bits per heavy atom. The molecule has 110 valence electrons. The molecule has 0 aliphatic rings. The molecule has 0 fully saturated rings. The van der Waals surface area contributed by atoms with Gasteiger partial charge >= 0.3 is 6.18 Å². The molecule has 1 N–H and O–H groups in total. The van der Waals surface area contributed by atoms with Gasteiger partial charge in [-0.05, 0) is 24.3 Å². The van der Waals surface area contributed by atoms with Gasteiger partial charge in [-0.2, -0.15) is 13.2 Å². The summed E-state index contributed by atoms with van der Waals surface area (Å²) in [7, 11) is 0. The maximum atomic E-state index is 12.3. The van der Waals surface area contributed by atoms with Crippen LogP contribution in [0.4, 0.5) is 18.9 Å². The summed E-state index contributed by atoms with van der Waals surface area (Å²) in [5.41, 5.74) is 0.538. The Kier molecular flexibility index (Phi) is 4.85. The number of hydrogen-bond acceptors (Lipinski definition) is 3. The van der Waals surface area contributed by atoms with Crippen molar-refractivity contribution < 1.29 is 18.0 Å². The number of hydrogen-bond donors (Lipinski definition) is 1. The molecule has 7 heteroatoms. The summed E-state index contributed by atoms with van der Waals surface area (Å²) in [6.45, 7) is 0. The third kappa shape index (κ3) is 4.78. The molecule has 3 nitrogen and oxygen atoms in total. The first kappa shape index (κ1) is 15.4. The minimum absolute atomic E-state index is 0.202. The van der Waals surface area contributed by atoms with Crippen molar-refractivity contribution in [2.45, 2.75) is 11.1 Å². The Morgan fingerprint density at radius 2 is 1.86 bits per heavy atom. The van der Waals surface area contributed by atoms with E-state index < -0.39 is 17.8 Å². The number of carbonyl (C=O) groups excluding carboxylic acids is 1. The van der Waals surface area contributed by atoms with E-state index in [-0.39, 0.29) is 5.69 Å². The molecule has 2 aromatic rings. The fourth-order valence-corrected chi connectivity index (χ4v) is 2.31. The van der Waals surface area contributed by atoms with Gasteiger partial charge in [-0.15, -0.1) is 11.8 Å². The van der Waals surface area contributed by atoms with E-state index in [1.165, 1.54) is 18.3 Å². The van der Waals surface area contributed by atoms with Crippen LogP contribution >= 0.6 is 11.8 Å². The summed E-state index contributed by atoms with van der Waals surface area (Å²) in [6, 6.07) is 11.2. The molecule has 21 heavy (non-hydrogen) atoms. The predicted molar refractivity (Wildman–Crippen MR) is 75.4 cm³/mol. The van der Waals surface area contributed by atoms with Crippen molar-refractivity contribution in [3.8, 4) is 0 Å². The molecule has 0 aliphatic carbocycles. The van der Waals surface area contributed by atoms with E-state index in [1.54, 1.807) is 30.3 Å². The molecule has 0 atom stereocenters. The van der Waals surface area contributed by atoms with E-state index in [0.29, 0.717) is 22.3 Å². The Morgan fingerprint density at radius 3 is 2.52 bits per heavy atom. The Hall–Kier alpha value is -2.02. The standard InChI is InChI=1S/C14H11F3N2OS/c15-14(16,17)9-21-12-7-2-1-5-10(12)19-13(20)11-6-3-4-8-18-11/h1-8H,9H2,(H,19,20). The largest absolute Gasteiger partial charge is 0.398 e.